The Kier molecular flexibility index (Phi) is 6.78. The fourth-order valence-electron chi connectivity index (χ4n) is 1.73. The Hall–Kier alpha value is -2.77. The molecule has 138 valence electrons. The van der Waals surface area contributed by atoms with E-state index in [2.05, 4.69) is 10.6 Å². The quantitative estimate of drug-likeness (QED) is 0.724. The van der Waals surface area contributed by atoms with Crippen LogP contribution in [0.3, 0.4) is 0 Å². The van der Waals surface area contributed by atoms with Gasteiger partial charge in [0.1, 0.15) is 12.2 Å². The second kappa shape index (κ2) is 8.36. The number of rotatable bonds is 6. The van der Waals surface area contributed by atoms with Gasteiger partial charge in [-0.05, 0) is 33.3 Å². The van der Waals surface area contributed by atoms with Gasteiger partial charge in [0.05, 0.1) is 6.54 Å². The molecule has 0 saturated heterocycles. The number of carboxylic acids is 1. The molecule has 0 bridgehead atoms. The van der Waals surface area contributed by atoms with Gasteiger partial charge in [-0.2, -0.15) is 0 Å². The first-order valence-electron chi connectivity index (χ1n) is 7.71. The van der Waals surface area contributed by atoms with Crippen molar-refractivity contribution >= 4 is 18.2 Å². The van der Waals surface area contributed by atoms with Crippen molar-refractivity contribution in [1.82, 2.24) is 10.6 Å². The molecule has 1 aromatic rings. The molecule has 25 heavy (non-hydrogen) atoms. The largest absolute Gasteiger partial charge is 0.479 e. The van der Waals surface area contributed by atoms with Gasteiger partial charge in [0, 0.05) is 0 Å². The maximum atomic E-state index is 11.8. The lowest BCUT2D eigenvalue weighted by Gasteiger charge is -2.28. The lowest BCUT2D eigenvalue weighted by atomic mass is 10.0. The Labute approximate surface area is 146 Å². The van der Waals surface area contributed by atoms with Crippen molar-refractivity contribution in [2.75, 3.05) is 6.54 Å². The number of ether oxygens (including phenoxy) is 2. The summed E-state index contributed by atoms with van der Waals surface area (Å²) in [5.74, 6) is -1.32. The fourth-order valence-corrected chi connectivity index (χ4v) is 1.73. The van der Waals surface area contributed by atoms with E-state index in [9.17, 15) is 19.5 Å². The van der Waals surface area contributed by atoms with E-state index < -0.39 is 29.3 Å². The molecule has 0 aliphatic carbocycles. The van der Waals surface area contributed by atoms with Crippen LogP contribution < -0.4 is 10.6 Å². The first-order valence-corrected chi connectivity index (χ1v) is 7.71. The lowest BCUT2D eigenvalue weighted by molar-refractivity contribution is -0.143. The second-order valence-corrected chi connectivity index (χ2v) is 6.68. The number of aliphatic carboxylic acids is 1. The number of hydrogen-bond acceptors (Lipinski definition) is 5. The zero-order chi connectivity index (χ0) is 19.1. The van der Waals surface area contributed by atoms with Gasteiger partial charge in [-0.3, -0.25) is 0 Å². The summed E-state index contributed by atoms with van der Waals surface area (Å²) in [6.07, 6.45) is -1.68. The van der Waals surface area contributed by atoms with E-state index in [0.717, 1.165) is 5.56 Å². The smallest absolute Gasteiger partial charge is 0.408 e. The highest BCUT2D eigenvalue weighted by Gasteiger charge is 2.37. The monoisotopic (exact) mass is 352 g/mol. The van der Waals surface area contributed by atoms with Gasteiger partial charge in [-0.15, -0.1) is 0 Å². The lowest BCUT2D eigenvalue weighted by Crippen LogP contribution is -2.59. The summed E-state index contributed by atoms with van der Waals surface area (Å²) < 4.78 is 10.0. The first-order chi connectivity index (χ1) is 11.5. The SMILES string of the molecule is CC(C)(C)OC(=O)N[C@](C)(CNC(=O)OCc1ccccc1)C(=O)O. The Morgan fingerprint density at radius 1 is 1.04 bits per heavy atom. The minimum Gasteiger partial charge on any atom is -0.479 e. The zero-order valence-corrected chi connectivity index (χ0v) is 14.8. The third kappa shape index (κ3) is 7.56. The number of carbonyl (C=O) groups excluding carboxylic acids is 2. The molecule has 3 N–H and O–H groups in total. The van der Waals surface area contributed by atoms with E-state index in [1.54, 1.807) is 32.9 Å². The molecule has 0 aromatic heterocycles. The molecule has 8 heteroatoms. The summed E-state index contributed by atoms with van der Waals surface area (Å²) in [7, 11) is 0. The number of nitrogens with one attached hydrogen (secondary N) is 2. The number of carbonyl (C=O) groups is 3. The van der Waals surface area contributed by atoms with Gasteiger partial charge in [0.15, 0.2) is 5.54 Å². The van der Waals surface area contributed by atoms with Crippen LogP contribution in [0, 0.1) is 0 Å². The Bertz CT molecular complexity index is 611. The maximum absolute atomic E-state index is 11.8. The predicted molar refractivity (Wildman–Crippen MR) is 90.0 cm³/mol. The van der Waals surface area contributed by atoms with E-state index >= 15 is 0 Å². The molecule has 0 aliphatic rings. The summed E-state index contributed by atoms with van der Waals surface area (Å²) >= 11 is 0. The van der Waals surface area contributed by atoms with Crippen molar-refractivity contribution in [2.45, 2.75) is 45.4 Å². The van der Waals surface area contributed by atoms with Crippen molar-refractivity contribution in [2.24, 2.45) is 0 Å². The van der Waals surface area contributed by atoms with Crippen molar-refractivity contribution < 1.29 is 29.0 Å². The maximum Gasteiger partial charge on any atom is 0.408 e. The number of carboxylic acid groups (broad SMARTS) is 1. The van der Waals surface area contributed by atoms with Crippen LogP contribution in [0.2, 0.25) is 0 Å². The molecular formula is C17H24N2O6. The van der Waals surface area contributed by atoms with Gasteiger partial charge >= 0.3 is 18.2 Å². The first kappa shape index (κ1) is 20.3. The molecule has 8 nitrogen and oxygen atoms in total. The van der Waals surface area contributed by atoms with Crippen molar-refractivity contribution in [3.8, 4) is 0 Å². The van der Waals surface area contributed by atoms with Crippen LogP contribution in [0.5, 0.6) is 0 Å². The van der Waals surface area contributed by atoms with Crippen molar-refractivity contribution in [1.29, 1.82) is 0 Å². The Morgan fingerprint density at radius 3 is 2.16 bits per heavy atom. The number of amides is 2. The molecule has 2 amide bonds. The van der Waals surface area contributed by atoms with Crippen LogP contribution in [-0.4, -0.2) is 40.9 Å². The minimum absolute atomic E-state index is 0.0515. The highest BCUT2D eigenvalue weighted by Crippen LogP contribution is 2.10. The molecule has 0 heterocycles. The standard InChI is InChI=1S/C17H24N2O6/c1-16(2,3)25-15(23)19-17(4,13(20)21)11-18-14(22)24-10-12-8-6-5-7-9-12/h5-9H,10-11H2,1-4H3,(H,18,22)(H,19,23)(H,20,21)/t17-/m1/s1. The molecule has 0 saturated carbocycles. The molecule has 1 aromatic carbocycles. The molecule has 0 fully saturated rings. The van der Waals surface area contributed by atoms with Crippen LogP contribution in [-0.2, 0) is 20.9 Å². The van der Waals surface area contributed by atoms with E-state index in [-0.39, 0.29) is 13.2 Å². The Morgan fingerprint density at radius 2 is 1.64 bits per heavy atom. The van der Waals surface area contributed by atoms with Gasteiger partial charge in [-0.1, -0.05) is 30.3 Å². The summed E-state index contributed by atoms with van der Waals surface area (Å²) in [5, 5.41) is 13.9. The molecule has 0 aliphatic heterocycles. The molecule has 0 spiro atoms. The van der Waals surface area contributed by atoms with Crippen LogP contribution in [0.4, 0.5) is 9.59 Å². The molecule has 0 unspecified atom stereocenters. The van der Waals surface area contributed by atoms with Crippen molar-refractivity contribution in [3.63, 3.8) is 0 Å². The van der Waals surface area contributed by atoms with Crippen LogP contribution in [0.1, 0.15) is 33.3 Å². The van der Waals surface area contributed by atoms with Gasteiger partial charge in [-0.25, -0.2) is 14.4 Å². The van der Waals surface area contributed by atoms with E-state index in [4.69, 9.17) is 9.47 Å². The van der Waals surface area contributed by atoms with E-state index in [0.29, 0.717) is 0 Å². The third-order valence-electron chi connectivity index (χ3n) is 3.05. The summed E-state index contributed by atoms with van der Waals surface area (Å²) in [5.41, 5.74) is -1.72. The van der Waals surface area contributed by atoms with Crippen LogP contribution in [0.15, 0.2) is 30.3 Å². The summed E-state index contributed by atoms with van der Waals surface area (Å²) in [4.78, 5) is 35.0. The molecule has 1 rings (SSSR count). The number of hydrogen-bond donors (Lipinski definition) is 3. The summed E-state index contributed by atoms with van der Waals surface area (Å²) in [6.45, 7) is 5.92. The minimum atomic E-state index is -1.74. The number of benzene rings is 1. The highest BCUT2D eigenvalue weighted by atomic mass is 16.6. The topological polar surface area (TPSA) is 114 Å². The fraction of sp³-hybridized carbons (Fsp3) is 0.471. The zero-order valence-electron chi connectivity index (χ0n) is 14.8. The molecule has 1 atom stereocenters. The normalized spacial score (nSPS) is 13.3. The van der Waals surface area contributed by atoms with Crippen LogP contribution >= 0.6 is 0 Å². The molecule has 0 radical (unpaired) electrons. The average Bonchev–Trinajstić information content (AvgIpc) is 2.50. The average molecular weight is 352 g/mol. The summed E-state index contributed by atoms with van der Waals surface area (Å²) in [6, 6.07) is 9.04. The predicted octanol–water partition coefficient (Wildman–Crippen LogP) is 2.28. The van der Waals surface area contributed by atoms with Crippen molar-refractivity contribution in [3.05, 3.63) is 35.9 Å². The van der Waals surface area contributed by atoms with Gasteiger partial charge < -0.3 is 25.2 Å². The molecular weight excluding hydrogens is 328 g/mol. The number of alkyl carbamates (subject to hydrolysis) is 2. The van der Waals surface area contributed by atoms with Crippen LogP contribution in [0.25, 0.3) is 0 Å². The van der Waals surface area contributed by atoms with E-state index in [1.165, 1.54) is 6.92 Å². The van der Waals surface area contributed by atoms with Gasteiger partial charge in [0.25, 0.3) is 0 Å². The Balaban J connectivity index is 2.54. The second-order valence-electron chi connectivity index (χ2n) is 6.68. The van der Waals surface area contributed by atoms with E-state index in [1.807, 2.05) is 18.2 Å². The van der Waals surface area contributed by atoms with Gasteiger partial charge in [0.2, 0.25) is 0 Å². The third-order valence-corrected chi connectivity index (χ3v) is 3.05. The highest BCUT2D eigenvalue weighted by molar-refractivity contribution is 5.85.